The Kier molecular flexibility index (Phi) is 20.2. The molecule has 4 unspecified atom stereocenters. The molecular weight excluding hydrogens is 1220 g/mol. The predicted octanol–water partition coefficient (Wildman–Crippen LogP) is 11.7. The number of fused-ring (bicyclic) bond motifs is 4. The van der Waals surface area contributed by atoms with Crippen LogP contribution in [0.1, 0.15) is 129 Å². The molecule has 2 N–H and O–H groups in total. The van der Waals surface area contributed by atoms with E-state index in [1.807, 2.05) is 81.4 Å². The number of ether oxygens (including phenoxy) is 1. The van der Waals surface area contributed by atoms with E-state index in [0.29, 0.717) is 43.8 Å². The molecule has 0 saturated carbocycles. The Morgan fingerprint density at radius 1 is 0.663 bits per heavy atom. The van der Waals surface area contributed by atoms with Crippen molar-refractivity contribution in [2.24, 2.45) is 23.7 Å². The van der Waals surface area contributed by atoms with Crippen molar-refractivity contribution >= 4 is 73.0 Å². The fraction of sp³-hybridized carbons (Fsp3) is 0.516. The minimum absolute atomic E-state index is 0.000650. The number of carbonyl (C=O) groups excluding carboxylic acids is 3. The summed E-state index contributed by atoms with van der Waals surface area (Å²) in [5.74, 6) is 1.71. The van der Waals surface area contributed by atoms with E-state index in [4.69, 9.17) is 43.0 Å². The molecule has 0 radical (unpaired) electrons. The van der Waals surface area contributed by atoms with Crippen molar-refractivity contribution in [1.29, 1.82) is 0 Å². The van der Waals surface area contributed by atoms with E-state index >= 15 is 0 Å². The SMILES string of the molecule is CC(C)(C)OC(=O)N1CCC([C@H]2c3ccc(Cl)cc3CCc3cc(Br)cnc32)CC1C(=O)N1CCC[C@H](Cn2ccnc2)C1.CO.O=C(C1CC([C@H]2c3ccc(Cl)cc3CCc3cc(Br)cnc32)CCN1)N1CCC[C@H](Cn2ccnc2)C1. The number of nitrogens with zero attached hydrogens (tertiary/aromatic N) is 9. The van der Waals surface area contributed by atoms with E-state index < -0.39 is 17.7 Å². The van der Waals surface area contributed by atoms with E-state index in [1.165, 1.54) is 39.1 Å². The van der Waals surface area contributed by atoms with Gasteiger partial charge in [-0.1, -0.05) is 35.3 Å². The molecule has 6 aliphatic rings. The van der Waals surface area contributed by atoms with Gasteiger partial charge >= 0.3 is 6.09 Å². The fourth-order valence-corrected chi connectivity index (χ4v) is 15.2. The number of carbonyl (C=O) groups is 3. The van der Waals surface area contributed by atoms with Crippen LogP contribution in [-0.4, -0.2) is 131 Å². The number of aromatic nitrogens is 6. The number of hydrogen-bond donors (Lipinski definition) is 2. The molecule has 4 saturated heterocycles. The third-order valence-corrected chi connectivity index (χ3v) is 19.0. The number of aryl methyl sites for hydroxylation is 4. The van der Waals surface area contributed by atoms with Crippen molar-refractivity contribution in [2.45, 2.75) is 140 Å². The summed E-state index contributed by atoms with van der Waals surface area (Å²) in [7, 11) is 1.00. The molecule has 4 aromatic heterocycles. The summed E-state index contributed by atoms with van der Waals surface area (Å²) in [4.78, 5) is 65.9. The Morgan fingerprint density at radius 3 is 1.67 bits per heavy atom. The first kappa shape index (κ1) is 60.9. The van der Waals surface area contributed by atoms with Gasteiger partial charge in [-0.25, -0.2) is 14.8 Å². The van der Waals surface area contributed by atoms with E-state index in [2.05, 4.69) is 97.6 Å². The molecule has 4 aliphatic heterocycles. The van der Waals surface area contributed by atoms with Crippen LogP contribution in [0, 0.1) is 23.7 Å². The van der Waals surface area contributed by atoms with Crippen molar-refractivity contribution in [2.75, 3.05) is 46.4 Å². The lowest BCUT2D eigenvalue weighted by atomic mass is 9.74. The second-order valence-electron chi connectivity index (χ2n) is 24.4. The first-order chi connectivity index (χ1) is 40.1. The monoisotopic (exact) mass is 1290 g/mol. The van der Waals surface area contributed by atoms with Gasteiger partial charge in [-0.05, 0) is 230 Å². The maximum atomic E-state index is 14.5. The number of nitrogens with one attached hydrogen (secondary N) is 1. The molecule has 12 rings (SSSR count). The molecule has 8 heterocycles. The van der Waals surface area contributed by atoms with Gasteiger partial charge in [0.2, 0.25) is 11.8 Å². The van der Waals surface area contributed by atoms with Crippen molar-refractivity contribution < 1.29 is 24.2 Å². The van der Waals surface area contributed by atoms with Crippen LogP contribution in [0.4, 0.5) is 4.79 Å². The summed E-state index contributed by atoms with van der Waals surface area (Å²) in [5, 5.41) is 12.1. The molecule has 442 valence electrons. The molecule has 19 heteroatoms. The van der Waals surface area contributed by atoms with Crippen LogP contribution in [0.25, 0.3) is 0 Å². The highest BCUT2D eigenvalue weighted by molar-refractivity contribution is 9.10. The Balaban J connectivity index is 0.000000182. The Hall–Kier alpha value is -5.17. The highest BCUT2D eigenvalue weighted by atomic mass is 79.9. The third-order valence-electron chi connectivity index (χ3n) is 17.7. The van der Waals surface area contributed by atoms with Crippen LogP contribution in [-0.2, 0) is 53.1 Å². The minimum atomic E-state index is -0.654. The average Bonchev–Trinajstić information content (AvgIpc) is 4.23. The van der Waals surface area contributed by atoms with Gasteiger partial charge in [0, 0.05) is 121 Å². The first-order valence-electron chi connectivity index (χ1n) is 29.6. The van der Waals surface area contributed by atoms with Crippen molar-refractivity contribution in [3.05, 3.63) is 162 Å². The number of aliphatic hydroxyl groups is 1. The second kappa shape index (κ2) is 27.5. The molecule has 6 aromatic rings. The smallest absolute Gasteiger partial charge is 0.410 e. The molecular formula is C64H78Br2Cl2N10O5. The molecule has 2 aliphatic carbocycles. The summed E-state index contributed by atoms with van der Waals surface area (Å²) in [5.41, 5.74) is 9.18. The van der Waals surface area contributed by atoms with Gasteiger partial charge in [0.05, 0.1) is 30.1 Å². The zero-order chi connectivity index (χ0) is 58.4. The van der Waals surface area contributed by atoms with Crippen molar-refractivity contribution in [3.8, 4) is 0 Å². The van der Waals surface area contributed by atoms with Gasteiger partial charge in [0.1, 0.15) is 11.6 Å². The van der Waals surface area contributed by atoms with E-state index in [9.17, 15) is 14.4 Å². The number of hydrogen-bond acceptors (Lipinski definition) is 10. The van der Waals surface area contributed by atoms with Crippen molar-refractivity contribution in [1.82, 2.24) is 49.1 Å². The van der Waals surface area contributed by atoms with Crippen LogP contribution in [0.5, 0.6) is 0 Å². The maximum Gasteiger partial charge on any atom is 0.410 e. The van der Waals surface area contributed by atoms with Gasteiger partial charge in [-0.2, -0.15) is 0 Å². The zero-order valence-corrected chi connectivity index (χ0v) is 52.8. The van der Waals surface area contributed by atoms with Crippen LogP contribution >= 0.6 is 55.1 Å². The quantitative estimate of drug-likeness (QED) is 0.150. The second-order valence-corrected chi connectivity index (χ2v) is 27.1. The summed E-state index contributed by atoms with van der Waals surface area (Å²) < 4.78 is 12.0. The molecule has 0 spiro atoms. The summed E-state index contributed by atoms with van der Waals surface area (Å²) >= 11 is 20.1. The molecule has 0 bridgehead atoms. The normalized spacial score (nSPS) is 24.2. The summed E-state index contributed by atoms with van der Waals surface area (Å²) in [6.45, 7) is 11.7. The average molecular weight is 1300 g/mol. The van der Waals surface area contributed by atoms with E-state index in [0.717, 1.165) is 135 Å². The number of pyridine rings is 2. The lowest BCUT2D eigenvalue weighted by Crippen LogP contribution is -2.57. The van der Waals surface area contributed by atoms with Gasteiger partial charge in [-0.3, -0.25) is 24.5 Å². The number of aliphatic hydroxyl groups excluding tert-OH is 1. The lowest BCUT2D eigenvalue weighted by molar-refractivity contribution is -0.141. The number of imidazole rings is 2. The Morgan fingerprint density at radius 2 is 1.17 bits per heavy atom. The number of halogens is 4. The van der Waals surface area contributed by atoms with Crippen LogP contribution < -0.4 is 5.32 Å². The highest BCUT2D eigenvalue weighted by Gasteiger charge is 2.45. The number of rotatable bonds is 8. The highest BCUT2D eigenvalue weighted by Crippen LogP contribution is 2.46. The number of benzene rings is 2. The number of likely N-dealkylation sites (tertiary alicyclic amines) is 3. The number of amides is 3. The molecule has 3 amide bonds. The standard InChI is InChI=1S/C34H41BrClN5O3.C29H33BrClN5O.CH4O/c1-34(2,3)44-33(43)41-13-10-24(17-29(41)32(42)40-12-4-5-22(20-40)19-39-14-11-37-21-39)30-28-9-8-27(36)16-23(28)6-7-25-15-26(35)18-38-31(25)30;30-23-12-22-4-3-20-13-24(31)5-6-25(20)27(28(22)34-15-23)21-7-8-33-26(14-21)29(37)36-10-1-2-19(17-36)16-35-11-9-32-18-35;1-2/h8-9,11,14-16,18,21-22,24,29-30H,4-7,10,12-13,17,19-20H2,1-3H3;5-6,9,11-13,15,18-19,21,26-27,33H,1-4,7-8,10,14,16-17H2;2H,1H3/t22-,24?,29?,30+;19-,21?,26?,27+;/m11./s1. The topological polar surface area (TPSA) is 164 Å². The van der Waals surface area contributed by atoms with Crippen LogP contribution in [0.15, 0.2) is 107 Å². The number of piperidine rings is 4. The van der Waals surface area contributed by atoms with Crippen LogP contribution in [0.2, 0.25) is 10.0 Å². The minimum Gasteiger partial charge on any atom is -0.444 e. The largest absolute Gasteiger partial charge is 0.444 e. The van der Waals surface area contributed by atoms with Crippen molar-refractivity contribution in [3.63, 3.8) is 0 Å². The van der Waals surface area contributed by atoms with E-state index in [-0.39, 0.29) is 35.6 Å². The maximum absolute atomic E-state index is 14.5. The third kappa shape index (κ3) is 14.7. The molecule has 8 atom stereocenters. The zero-order valence-electron chi connectivity index (χ0n) is 48.1. The molecule has 83 heavy (non-hydrogen) atoms. The molecule has 4 fully saturated rings. The van der Waals surface area contributed by atoms with Gasteiger partial charge < -0.3 is 34.1 Å². The lowest BCUT2D eigenvalue weighted by Gasteiger charge is -2.44. The van der Waals surface area contributed by atoms with Gasteiger partial charge in [-0.15, -0.1) is 0 Å². The predicted molar refractivity (Wildman–Crippen MR) is 330 cm³/mol. The molecule has 15 nitrogen and oxygen atoms in total. The molecule has 2 aromatic carbocycles. The first-order valence-corrected chi connectivity index (χ1v) is 32.0. The Bertz CT molecular complexity index is 3090. The van der Waals surface area contributed by atoms with Gasteiger partial charge in [0.25, 0.3) is 0 Å². The Labute approximate surface area is 515 Å². The summed E-state index contributed by atoms with van der Waals surface area (Å²) in [6, 6.07) is 16.2. The van der Waals surface area contributed by atoms with E-state index in [1.54, 1.807) is 11.1 Å². The van der Waals surface area contributed by atoms with Gasteiger partial charge in [0.15, 0.2) is 0 Å². The summed E-state index contributed by atoms with van der Waals surface area (Å²) in [6.07, 6.45) is 25.7. The van der Waals surface area contributed by atoms with Crippen LogP contribution in [0.3, 0.4) is 0 Å². The fourth-order valence-electron chi connectivity index (χ4n) is 14.1.